The van der Waals surface area contributed by atoms with Crippen LogP contribution in [0.2, 0.25) is 0 Å². The van der Waals surface area contributed by atoms with Gasteiger partial charge in [0, 0.05) is 18.7 Å². The highest BCUT2D eigenvalue weighted by Crippen LogP contribution is 2.19. The summed E-state index contributed by atoms with van der Waals surface area (Å²) in [5, 5.41) is 3.35. The second-order valence-corrected chi connectivity index (χ2v) is 3.11. The predicted molar refractivity (Wildman–Crippen MR) is 51.1 cm³/mol. The molecule has 0 aromatic heterocycles. The van der Waals surface area contributed by atoms with Crippen LogP contribution in [-0.4, -0.2) is 6.54 Å². The van der Waals surface area contributed by atoms with E-state index in [2.05, 4.69) is 36.0 Å². The maximum absolute atomic E-state index is 3.35. The van der Waals surface area contributed by atoms with Gasteiger partial charge < -0.3 is 5.32 Å². The van der Waals surface area contributed by atoms with Crippen molar-refractivity contribution in [3.63, 3.8) is 0 Å². The van der Waals surface area contributed by atoms with E-state index >= 15 is 0 Å². The lowest BCUT2D eigenvalue weighted by molar-refractivity contribution is 0.786. The van der Waals surface area contributed by atoms with Gasteiger partial charge in [0.2, 0.25) is 0 Å². The topological polar surface area (TPSA) is 12.0 Å². The third-order valence-corrected chi connectivity index (χ3v) is 2.22. The number of para-hydroxylation sites is 1. The Hall–Kier alpha value is -0.980. The van der Waals surface area contributed by atoms with Crippen LogP contribution in [0.3, 0.4) is 0 Å². The van der Waals surface area contributed by atoms with E-state index in [9.17, 15) is 0 Å². The van der Waals surface area contributed by atoms with Crippen molar-refractivity contribution in [3.05, 3.63) is 36.2 Å². The summed E-state index contributed by atoms with van der Waals surface area (Å²) in [7, 11) is 0. The number of anilines is 1. The van der Waals surface area contributed by atoms with Gasteiger partial charge in [-0.15, -0.1) is 0 Å². The Balaban J connectivity index is 2.24. The molecule has 1 heteroatoms. The summed E-state index contributed by atoms with van der Waals surface area (Å²) >= 11 is 0. The minimum absolute atomic E-state index is 0.886. The lowest BCUT2D eigenvalue weighted by Crippen LogP contribution is -2.07. The molecule has 1 nitrogen and oxygen atoms in total. The van der Waals surface area contributed by atoms with Gasteiger partial charge in [-0.1, -0.05) is 18.2 Å². The minimum Gasteiger partial charge on any atom is -0.384 e. The number of hydrogen-bond donors (Lipinski definition) is 1. The van der Waals surface area contributed by atoms with Crippen LogP contribution in [0.4, 0.5) is 5.69 Å². The number of fused-ring (bicyclic) bond motifs is 1. The molecule has 0 saturated carbocycles. The molecule has 1 aromatic carbocycles. The fourth-order valence-electron chi connectivity index (χ4n) is 1.56. The normalized spacial score (nSPS) is 17.0. The van der Waals surface area contributed by atoms with Gasteiger partial charge in [0.25, 0.3) is 0 Å². The first kappa shape index (κ1) is 7.66. The molecule has 1 heterocycles. The largest absolute Gasteiger partial charge is 0.384 e. The third-order valence-electron chi connectivity index (χ3n) is 2.22. The van der Waals surface area contributed by atoms with Crippen molar-refractivity contribution >= 4 is 5.69 Å². The van der Waals surface area contributed by atoms with Gasteiger partial charge in [-0.3, -0.25) is 0 Å². The Morgan fingerprint density at radius 1 is 1.25 bits per heavy atom. The number of hydrogen-bond acceptors (Lipinski definition) is 1. The molecule has 0 unspecified atom stereocenters. The molecule has 1 aliphatic heterocycles. The summed E-state index contributed by atoms with van der Waals surface area (Å²) in [4.78, 5) is 0. The summed E-state index contributed by atoms with van der Waals surface area (Å²) < 4.78 is 0. The number of nitrogens with one attached hydrogen (secondary N) is 1. The zero-order valence-corrected chi connectivity index (χ0v) is 7.14. The molecule has 1 aromatic rings. The van der Waals surface area contributed by atoms with Crippen molar-refractivity contribution in [2.75, 3.05) is 11.9 Å². The molecule has 2 rings (SSSR count). The smallest absolute Gasteiger partial charge is 0.0372 e. The van der Waals surface area contributed by atoms with Crippen molar-refractivity contribution in [2.24, 2.45) is 0 Å². The van der Waals surface area contributed by atoms with Crippen LogP contribution in [0.15, 0.2) is 24.3 Å². The summed E-state index contributed by atoms with van der Waals surface area (Å²) in [6.07, 6.45) is 6.84. The average molecular weight is 159 g/mol. The van der Waals surface area contributed by atoms with Crippen LogP contribution in [-0.2, 0) is 6.42 Å². The quantitative estimate of drug-likeness (QED) is 0.613. The Kier molecular flexibility index (Phi) is 2.31. The van der Waals surface area contributed by atoms with Crippen LogP contribution in [0.1, 0.15) is 18.4 Å². The maximum atomic E-state index is 3.35. The van der Waals surface area contributed by atoms with E-state index < -0.39 is 0 Å². The van der Waals surface area contributed by atoms with Crippen molar-refractivity contribution < 1.29 is 0 Å². The molecule has 0 saturated heterocycles. The molecule has 1 aliphatic rings. The standard InChI is InChI=1S/C11H13N/c1-2-6-10-7-3-4-8-11(10)12-9-5-1/h3-4,7-8,12H,1-2,6,9H2. The first-order valence-corrected chi connectivity index (χ1v) is 4.49. The molecule has 62 valence electrons. The van der Waals surface area contributed by atoms with Gasteiger partial charge in [0.1, 0.15) is 0 Å². The first-order valence-electron chi connectivity index (χ1n) is 4.49. The first-order chi connectivity index (χ1) is 5.97. The van der Waals surface area contributed by atoms with Crippen LogP contribution >= 0.6 is 0 Å². The average Bonchev–Trinajstić information content (AvgIpc) is 2.06. The lowest BCUT2D eigenvalue weighted by Gasteiger charge is -2.14. The fraction of sp³-hybridized carbons (Fsp3) is 0.364. The molecule has 2 radical (unpaired) electrons. The van der Waals surface area contributed by atoms with E-state index in [0.717, 1.165) is 13.0 Å². The SMILES string of the molecule is [C]1CCCc2ccccc2NC1. The zero-order chi connectivity index (χ0) is 8.23. The zero-order valence-electron chi connectivity index (χ0n) is 7.14. The highest BCUT2D eigenvalue weighted by molar-refractivity contribution is 5.51. The summed E-state index contributed by atoms with van der Waals surface area (Å²) in [6, 6.07) is 8.53. The molecule has 0 aliphatic carbocycles. The molecule has 0 amide bonds. The van der Waals surface area contributed by atoms with E-state index in [4.69, 9.17) is 0 Å². The van der Waals surface area contributed by atoms with Gasteiger partial charge in [-0.25, -0.2) is 0 Å². The second kappa shape index (κ2) is 3.61. The monoisotopic (exact) mass is 159 g/mol. The number of rotatable bonds is 0. The minimum atomic E-state index is 0.886. The molecule has 0 bridgehead atoms. The van der Waals surface area contributed by atoms with Crippen LogP contribution < -0.4 is 5.32 Å². The highest BCUT2D eigenvalue weighted by atomic mass is 14.9. The Labute approximate surface area is 73.8 Å². The van der Waals surface area contributed by atoms with E-state index in [-0.39, 0.29) is 0 Å². The van der Waals surface area contributed by atoms with Crippen molar-refractivity contribution in [1.82, 2.24) is 0 Å². The van der Waals surface area contributed by atoms with Crippen LogP contribution in [0, 0.1) is 6.42 Å². The molecular weight excluding hydrogens is 146 g/mol. The molecule has 0 atom stereocenters. The van der Waals surface area contributed by atoms with Crippen molar-refractivity contribution in [2.45, 2.75) is 19.3 Å². The van der Waals surface area contributed by atoms with E-state index in [0.29, 0.717) is 0 Å². The van der Waals surface area contributed by atoms with E-state index in [1.165, 1.54) is 24.1 Å². The molecule has 1 N–H and O–H groups in total. The van der Waals surface area contributed by atoms with Gasteiger partial charge >= 0.3 is 0 Å². The predicted octanol–water partition coefficient (Wildman–Crippen LogP) is 2.52. The Morgan fingerprint density at radius 3 is 3.17 bits per heavy atom. The van der Waals surface area contributed by atoms with Gasteiger partial charge in [0.05, 0.1) is 0 Å². The van der Waals surface area contributed by atoms with Crippen LogP contribution in [0.25, 0.3) is 0 Å². The Morgan fingerprint density at radius 2 is 2.17 bits per heavy atom. The lowest BCUT2D eigenvalue weighted by atomic mass is 10.0. The Bertz CT molecular complexity index is 228. The summed E-state index contributed by atoms with van der Waals surface area (Å²) in [5.41, 5.74) is 2.73. The van der Waals surface area contributed by atoms with Gasteiger partial charge in [-0.05, 0) is 30.9 Å². The summed E-state index contributed by atoms with van der Waals surface area (Å²) in [5.74, 6) is 0. The van der Waals surface area contributed by atoms with Crippen LogP contribution in [0.5, 0.6) is 0 Å². The third kappa shape index (κ3) is 1.60. The number of aryl methyl sites for hydroxylation is 1. The molecule has 12 heavy (non-hydrogen) atoms. The van der Waals surface area contributed by atoms with Crippen molar-refractivity contribution in [1.29, 1.82) is 0 Å². The molecule has 0 spiro atoms. The maximum Gasteiger partial charge on any atom is 0.0372 e. The van der Waals surface area contributed by atoms with E-state index in [1.54, 1.807) is 0 Å². The second-order valence-electron chi connectivity index (χ2n) is 3.11. The highest BCUT2D eigenvalue weighted by Gasteiger charge is 2.03. The summed E-state index contributed by atoms with van der Waals surface area (Å²) in [6.45, 7) is 0.886. The van der Waals surface area contributed by atoms with Gasteiger partial charge in [0.15, 0.2) is 0 Å². The van der Waals surface area contributed by atoms with Crippen molar-refractivity contribution in [3.8, 4) is 0 Å². The van der Waals surface area contributed by atoms with E-state index in [1.807, 2.05) is 0 Å². The fourth-order valence-corrected chi connectivity index (χ4v) is 1.56. The molecule has 0 fully saturated rings. The number of benzene rings is 1. The molecular formula is C11H13N. The van der Waals surface area contributed by atoms with Gasteiger partial charge in [-0.2, -0.15) is 0 Å².